The fraction of sp³-hybridized carbons (Fsp3) is 0.727. The van der Waals surface area contributed by atoms with Gasteiger partial charge in [0.1, 0.15) is 0 Å². The number of nitrogens with one attached hydrogen (secondary N) is 1. The van der Waals surface area contributed by atoms with Crippen molar-refractivity contribution < 1.29 is 9.47 Å². The molecule has 5 heteroatoms. The first-order valence-corrected chi connectivity index (χ1v) is 5.49. The lowest BCUT2D eigenvalue weighted by Crippen LogP contribution is -2.41. The van der Waals surface area contributed by atoms with Crippen LogP contribution >= 0.6 is 0 Å². The van der Waals surface area contributed by atoms with E-state index in [-0.39, 0.29) is 12.3 Å². The Labute approximate surface area is 96.7 Å². The quantitative estimate of drug-likeness (QED) is 0.695. The molecule has 0 amide bonds. The molecule has 0 bridgehead atoms. The molecule has 0 aliphatic carbocycles. The zero-order valence-electron chi connectivity index (χ0n) is 10.4. The number of methoxy groups -OCH3 is 2. The SMILES string of the molecule is CCn1cc(CC(NC)C(OC)OC)cn1. The van der Waals surface area contributed by atoms with Gasteiger partial charge in [0.2, 0.25) is 0 Å². The predicted octanol–water partition coefficient (Wildman–Crippen LogP) is 0.652. The van der Waals surface area contributed by atoms with Gasteiger partial charge in [-0.1, -0.05) is 0 Å². The van der Waals surface area contributed by atoms with Gasteiger partial charge in [-0.2, -0.15) is 5.10 Å². The summed E-state index contributed by atoms with van der Waals surface area (Å²) in [5.74, 6) is 0. The van der Waals surface area contributed by atoms with Gasteiger partial charge in [0.25, 0.3) is 0 Å². The van der Waals surface area contributed by atoms with Gasteiger partial charge in [-0.05, 0) is 26.0 Å². The molecular weight excluding hydrogens is 206 g/mol. The van der Waals surface area contributed by atoms with Crippen molar-refractivity contribution in [3.8, 4) is 0 Å². The molecule has 0 aromatic carbocycles. The molecule has 0 radical (unpaired) electrons. The minimum Gasteiger partial charge on any atom is -0.354 e. The Bertz CT molecular complexity index is 297. The van der Waals surface area contributed by atoms with Crippen molar-refractivity contribution in [1.29, 1.82) is 0 Å². The molecule has 92 valence electrons. The number of nitrogens with zero attached hydrogens (tertiary/aromatic N) is 2. The lowest BCUT2D eigenvalue weighted by atomic mass is 10.1. The van der Waals surface area contributed by atoms with Crippen molar-refractivity contribution in [3.63, 3.8) is 0 Å². The molecule has 1 aromatic rings. The zero-order valence-corrected chi connectivity index (χ0v) is 10.4. The summed E-state index contributed by atoms with van der Waals surface area (Å²) in [6, 6.07) is 0.129. The molecule has 0 aliphatic rings. The van der Waals surface area contributed by atoms with E-state index >= 15 is 0 Å². The molecule has 5 nitrogen and oxygen atoms in total. The first-order valence-electron chi connectivity index (χ1n) is 5.49. The predicted molar refractivity (Wildman–Crippen MR) is 62.3 cm³/mol. The standard InChI is InChI=1S/C11H21N3O2/c1-5-14-8-9(7-13-14)6-10(12-2)11(15-3)16-4/h7-8,10-12H,5-6H2,1-4H3. The summed E-state index contributed by atoms with van der Waals surface area (Å²) >= 11 is 0. The van der Waals surface area contributed by atoms with Gasteiger partial charge < -0.3 is 14.8 Å². The van der Waals surface area contributed by atoms with Crippen LogP contribution in [0.15, 0.2) is 12.4 Å². The molecule has 1 N–H and O–H groups in total. The Kier molecular flexibility index (Phi) is 5.45. The molecule has 0 saturated carbocycles. The molecule has 1 rings (SSSR count). The number of hydrogen-bond acceptors (Lipinski definition) is 4. The highest BCUT2D eigenvalue weighted by atomic mass is 16.7. The van der Waals surface area contributed by atoms with Crippen LogP contribution in [-0.4, -0.2) is 43.4 Å². The molecule has 0 fully saturated rings. The smallest absolute Gasteiger partial charge is 0.172 e. The summed E-state index contributed by atoms with van der Waals surface area (Å²) < 4.78 is 12.4. The van der Waals surface area contributed by atoms with Crippen molar-refractivity contribution in [3.05, 3.63) is 18.0 Å². The Morgan fingerprint density at radius 2 is 2.12 bits per heavy atom. The second-order valence-electron chi connectivity index (χ2n) is 3.64. The lowest BCUT2D eigenvalue weighted by molar-refractivity contribution is -0.121. The van der Waals surface area contributed by atoms with E-state index in [1.165, 1.54) is 5.56 Å². The van der Waals surface area contributed by atoms with Crippen molar-refractivity contribution in [2.24, 2.45) is 0 Å². The minimum atomic E-state index is -0.241. The highest BCUT2D eigenvalue weighted by molar-refractivity contribution is 5.06. The van der Waals surface area contributed by atoms with E-state index in [0.717, 1.165) is 13.0 Å². The van der Waals surface area contributed by atoms with Crippen LogP contribution in [-0.2, 0) is 22.4 Å². The van der Waals surface area contributed by atoms with Crippen LogP contribution in [0.3, 0.4) is 0 Å². The van der Waals surface area contributed by atoms with E-state index in [4.69, 9.17) is 9.47 Å². The second kappa shape index (κ2) is 6.62. The van der Waals surface area contributed by atoms with E-state index in [9.17, 15) is 0 Å². The summed E-state index contributed by atoms with van der Waals surface area (Å²) in [4.78, 5) is 0. The van der Waals surface area contributed by atoms with Crippen molar-refractivity contribution in [1.82, 2.24) is 15.1 Å². The third kappa shape index (κ3) is 3.30. The first-order chi connectivity index (χ1) is 7.74. The highest BCUT2D eigenvalue weighted by Crippen LogP contribution is 2.08. The average molecular weight is 227 g/mol. The summed E-state index contributed by atoms with van der Waals surface area (Å²) in [7, 11) is 5.20. The molecule has 16 heavy (non-hydrogen) atoms. The maximum Gasteiger partial charge on any atom is 0.172 e. The van der Waals surface area contributed by atoms with Gasteiger partial charge in [0.15, 0.2) is 6.29 Å². The molecule has 1 unspecified atom stereocenters. The van der Waals surface area contributed by atoms with Gasteiger partial charge in [0, 0.05) is 27.0 Å². The van der Waals surface area contributed by atoms with Crippen molar-refractivity contribution in [2.45, 2.75) is 32.2 Å². The van der Waals surface area contributed by atoms with E-state index < -0.39 is 0 Å². The molecule has 1 heterocycles. The van der Waals surface area contributed by atoms with Crippen molar-refractivity contribution in [2.75, 3.05) is 21.3 Å². The fourth-order valence-corrected chi connectivity index (χ4v) is 1.70. The van der Waals surface area contributed by atoms with Crippen LogP contribution in [0.1, 0.15) is 12.5 Å². The van der Waals surface area contributed by atoms with Crippen LogP contribution in [0.2, 0.25) is 0 Å². The van der Waals surface area contributed by atoms with Crippen molar-refractivity contribution >= 4 is 0 Å². The lowest BCUT2D eigenvalue weighted by Gasteiger charge is -2.23. The van der Waals surface area contributed by atoms with Gasteiger partial charge in [0.05, 0.1) is 12.2 Å². The summed E-state index contributed by atoms with van der Waals surface area (Å²) in [6.45, 7) is 2.96. The highest BCUT2D eigenvalue weighted by Gasteiger charge is 2.19. The third-order valence-corrected chi connectivity index (χ3v) is 2.63. The number of rotatable bonds is 7. The number of ether oxygens (including phenoxy) is 2. The molecular formula is C11H21N3O2. The van der Waals surface area contributed by atoms with Crippen LogP contribution < -0.4 is 5.32 Å². The van der Waals surface area contributed by atoms with Gasteiger partial charge >= 0.3 is 0 Å². The van der Waals surface area contributed by atoms with Crippen LogP contribution in [0.5, 0.6) is 0 Å². The molecule has 0 spiro atoms. The fourth-order valence-electron chi connectivity index (χ4n) is 1.70. The second-order valence-corrected chi connectivity index (χ2v) is 3.64. The maximum absolute atomic E-state index is 5.25. The third-order valence-electron chi connectivity index (χ3n) is 2.63. The monoisotopic (exact) mass is 227 g/mol. The molecule has 0 saturated heterocycles. The number of aromatic nitrogens is 2. The summed E-state index contributed by atoms with van der Waals surface area (Å²) in [5.41, 5.74) is 1.18. The van der Waals surface area contributed by atoms with Crippen LogP contribution in [0, 0.1) is 0 Å². The van der Waals surface area contributed by atoms with E-state index in [1.54, 1.807) is 14.2 Å². The van der Waals surface area contributed by atoms with E-state index in [1.807, 2.05) is 24.1 Å². The number of hydrogen-bond donors (Lipinski definition) is 1. The number of likely N-dealkylation sites (N-methyl/N-ethyl adjacent to an activating group) is 1. The molecule has 0 aliphatic heterocycles. The Morgan fingerprint density at radius 1 is 1.44 bits per heavy atom. The van der Waals surface area contributed by atoms with E-state index in [2.05, 4.69) is 17.3 Å². The van der Waals surface area contributed by atoms with Crippen LogP contribution in [0.4, 0.5) is 0 Å². The normalized spacial score (nSPS) is 13.3. The Morgan fingerprint density at radius 3 is 2.56 bits per heavy atom. The average Bonchev–Trinajstić information content (AvgIpc) is 2.77. The Hall–Kier alpha value is -0.910. The maximum atomic E-state index is 5.25. The zero-order chi connectivity index (χ0) is 12.0. The van der Waals surface area contributed by atoms with Gasteiger partial charge in [-0.3, -0.25) is 4.68 Å². The first kappa shape index (κ1) is 13.2. The summed E-state index contributed by atoms with van der Waals surface area (Å²) in [6.07, 6.45) is 4.53. The number of aryl methyl sites for hydroxylation is 1. The topological polar surface area (TPSA) is 48.3 Å². The largest absolute Gasteiger partial charge is 0.354 e. The van der Waals surface area contributed by atoms with Gasteiger partial charge in [-0.25, -0.2) is 0 Å². The van der Waals surface area contributed by atoms with Crippen LogP contribution in [0.25, 0.3) is 0 Å². The molecule has 1 aromatic heterocycles. The summed E-state index contributed by atoms with van der Waals surface area (Å²) in [5, 5.41) is 7.43. The van der Waals surface area contributed by atoms with E-state index in [0.29, 0.717) is 0 Å². The Balaban J connectivity index is 2.61. The molecule has 1 atom stereocenters. The van der Waals surface area contributed by atoms with Gasteiger partial charge in [-0.15, -0.1) is 0 Å². The minimum absolute atomic E-state index is 0.129.